The van der Waals surface area contributed by atoms with Crippen LogP contribution in [0.15, 0.2) is 73.1 Å². The summed E-state index contributed by atoms with van der Waals surface area (Å²) in [6.07, 6.45) is 3.58. The van der Waals surface area contributed by atoms with Crippen LogP contribution in [-0.4, -0.2) is 10.4 Å². The maximum Gasteiger partial charge on any atom is 0.259 e. The zero-order valence-corrected chi connectivity index (χ0v) is 12.9. The Kier molecular flexibility index (Phi) is 4.24. The van der Waals surface area contributed by atoms with Crippen LogP contribution in [0.5, 0.6) is 0 Å². The highest BCUT2D eigenvalue weighted by Gasteiger charge is 2.24. The molecule has 4 nitrogen and oxygen atoms in total. The molecule has 3 rings (SSSR count). The van der Waals surface area contributed by atoms with E-state index in [1.165, 1.54) is 6.20 Å². The molecule has 1 aromatic carbocycles. The smallest absolute Gasteiger partial charge is 0.259 e. The molecule has 0 radical (unpaired) electrons. The van der Waals surface area contributed by atoms with Crippen LogP contribution in [0.25, 0.3) is 0 Å². The summed E-state index contributed by atoms with van der Waals surface area (Å²) in [5.41, 5.74) is 2.30. The van der Waals surface area contributed by atoms with Crippen molar-refractivity contribution in [3.63, 3.8) is 0 Å². The molecule has 116 valence electrons. The Bertz CT molecular complexity index is 809. The first-order valence-electron chi connectivity index (χ1n) is 7.54. The summed E-state index contributed by atoms with van der Waals surface area (Å²) in [7, 11) is 1.96. The second kappa shape index (κ2) is 6.48. The van der Waals surface area contributed by atoms with Gasteiger partial charge in [-0.05, 0) is 23.8 Å². The summed E-state index contributed by atoms with van der Waals surface area (Å²) in [6, 6.07) is 18.8. The van der Waals surface area contributed by atoms with Gasteiger partial charge in [-0.25, -0.2) is 0 Å². The first-order valence-corrected chi connectivity index (χ1v) is 7.54. The van der Waals surface area contributed by atoms with E-state index in [4.69, 9.17) is 0 Å². The average molecular weight is 306 g/mol. The zero-order chi connectivity index (χ0) is 16.2. The molecule has 0 bridgehead atoms. The first-order chi connectivity index (χ1) is 11.2. The number of carbonyl (C=O) groups excluding carboxylic acids is 1. The highest BCUT2D eigenvalue weighted by atomic mass is 16.5. The normalized spacial score (nSPS) is 12.0. The SMILES string of the molecule is Cn1cccc1[C@H](CC(=O)c1cccc[n+]1[O-])c1ccccc1. The number of nitrogens with zero attached hydrogens (tertiary/aromatic N) is 2. The van der Waals surface area contributed by atoms with Crippen molar-refractivity contribution in [3.8, 4) is 0 Å². The molecule has 0 saturated carbocycles. The van der Waals surface area contributed by atoms with Crippen molar-refractivity contribution in [1.82, 2.24) is 4.57 Å². The molecule has 0 fully saturated rings. The number of hydrogen-bond acceptors (Lipinski definition) is 2. The minimum Gasteiger partial charge on any atom is -0.618 e. The third-order valence-corrected chi connectivity index (χ3v) is 4.04. The Labute approximate surface area is 135 Å². The number of carbonyl (C=O) groups is 1. The largest absolute Gasteiger partial charge is 0.618 e. The van der Waals surface area contributed by atoms with E-state index < -0.39 is 0 Å². The molecule has 0 aliphatic heterocycles. The molecule has 4 heteroatoms. The lowest BCUT2D eigenvalue weighted by atomic mass is 9.90. The molecular formula is C19H18N2O2. The van der Waals surface area contributed by atoms with Crippen LogP contribution in [0.3, 0.4) is 0 Å². The topological polar surface area (TPSA) is 48.9 Å². The molecule has 0 aliphatic rings. The standard InChI is InChI=1S/C19H18N2O2/c1-20-12-7-11-17(20)16(15-8-3-2-4-9-15)14-19(22)18-10-5-6-13-21(18)23/h2-13,16H,14H2,1H3/t16-/m1/s1. The van der Waals surface area contributed by atoms with Crippen LogP contribution >= 0.6 is 0 Å². The maximum atomic E-state index is 12.6. The molecule has 2 heterocycles. The molecular weight excluding hydrogens is 288 g/mol. The van der Waals surface area contributed by atoms with Crippen LogP contribution in [-0.2, 0) is 7.05 Å². The fraction of sp³-hybridized carbons (Fsp3) is 0.158. The Morgan fingerprint density at radius 1 is 1.09 bits per heavy atom. The summed E-state index contributed by atoms with van der Waals surface area (Å²) in [5.74, 6) is -0.237. The van der Waals surface area contributed by atoms with E-state index in [1.807, 2.05) is 60.3 Å². The monoisotopic (exact) mass is 306 g/mol. The minimum atomic E-state index is -0.157. The van der Waals surface area contributed by atoms with Crippen molar-refractivity contribution in [2.24, 2.45) is 7.05 Å². The molecule has 0 N–H and O–H groups in total. The Balaban J connectivity index is 1.96. The van der Waals surface area contributed by atoms with Crippen LogP contribution in [0.4, 0.5) is 0 Å². The lowest BCUT2D eigenvalue weighted by Gasteiger charge is -2.18. The lowest BCUT2D eigenvalue weighted by molar-refractivity contribution is -0.607. The van der Waals surface area contributed by atoms with Crippen LogP contribution in [0, 0.1) is 5.21 Å². The van der Waals surface area contributed by atoms with Gasteiger partial charge in [-0.2, -0.15) is 4.73 Å². The summed E-state index contributed by atoms with van der Waals surface area (Å²) < 4.78 is 2.65. The molecule has 2 aromatic heterocycles. The average Bonchev–Trinajstić information content (AvgIpc) is 2.99. The third-order valence-electron chi connectivity index (χ3n) is 4.04. The van der Waals surface area contributed by atoms with Gasteiger partial charge in [-0.3, -0.25) is 4.79 Å². The molecule has 0 aliphatic carbocycles. The van der Waals surface area contributed by atoms with Crippen LogP contribution in [0.1, 0.15) is 34.1 Å². The van der Waals surface area contributed by atoms with Crippen LogP contribution in [0.2, 0.25) is 0 Å². The fourth-order valence-electron chi connectivity index (χ4n) is 2.85. The van der Waals surface area contributed by atoms with E-state index in [0.717, 1.165) is 11.3 Å². The van der Waals surface area contributed by atoms with E-state index in [0.29, 0.717) is 4.73 Å². The van der Waals surface area contributed by atoms with Crippen molar-refractivity contribution in [3.05, 3.63) is 95.2 Å². The Hall–Kier alpha value is -2.88. The molecule has 3 aromatic rings. The van der Waals surface area contributed by atoms with E-state index >= 15 is 0 Å². The number of Topliss-reactive ketones (excluding diaryl/α,β-unsaturated/α-hetero) is 1. The second-order valence-corrected chi connectivity index (χ2v) is 5.55. The predicted molar refractivity (Wildman–Crippen MR) is 88.0 cm³/mol. The zero-order valence-electron chi connectivity index (χ0n) is 12.9. The van der Waals surface area contributed by atoms with Gasteiger partial charge in [0, 0.05) is 43.4 Å². The van der Waals surface area contributed by atoms with Gasteiger partial charge >= 0.3 is 0 Å². The molecule has 23 heavy (non-hydrogen) atoms. The van der Waals surface area contributed by atoms with Gasteiger partial charge in [0.25, 0.3) is 5.69 Å². The van der Waals surface area contributed by atoms with Crippen molar-refractivity contribution in [1.29, 1.82) is 0 Å². The highest BCUT2D eigenvalue weighted by Crippen LogP contribution is 2.29. The maximum absolute atomic E-state index is 12.6. The fourth-order valence-corrected chi connectivity index (χ4v) is 2.85. The van der Waals surface area contributed by atoms with Crippen molar-refractivity contribution >= 4 is 5.78 Å². The van der Waals surface area contributed by atoms with Gasteiger partial charge in [-0.1, -0.05) is 30.3 Å². The van der Waals surface area contributed by atoms with Gasteiger partial charge in [0.15, 0.2) is 6.20 Å². The Morgan fingerprint density at radius 3 is 2.48 bits per heavy atom. The lowest BCUT2D eigenvalue weighted by Crippen LogP contribution is -2.34. The third kappa shape index (κ3) is 3.16. The first kappa shape index (κ1) is 15.0. The number of pyridine rings is 1. The summed E-state index contributed by atoms with van der Waals surface area (Å²) in [5, 5.41) is 11.8. The van der Waals surface area contributed by atoms with Gasteiger partial charge in [0.05, 0.1) is 0 Å². The van der Waals surface area contributed by atoms with Gasteiger partial charge in [0.1, 0.15) is 0 Å². The van der Waals surface area contributed by atoms with E-state index in [9.17, 15) is 10.0 Å². The van der Waals surface area contributed by atoms with Gasteiger partial charge < -0.3 is 9.77 Å². The molecule has 0 unspecified atom stereocenters. The predicted octanol–water partition coefficient (Wildman–Crippen LogP) is 3.06. The molecule has 1 atom stereocenters. The summed E-state index contributed by atoms with van der Waals surface area (Å²) in [4.78, 5) is 12.6. The van der Waals surface area contributed by atoms with Crippen molar-refractivity contribution in [2.75, 3.05) is 0 Å². The number of hydrogen-bond donors (Lipinski definition) is 0. The second-order valence-electron chi connectivity index (χ2n) is 5.55. The van der Waals surface area contributed by atoms with Gasteiger partial charge in [0.2, 0.25) is 5.78 Å². The number of benzene rings is 1. The van der Waals surface area contributed by atoms with Crippen molar-refractivity contribution < 1.29 is 9.52 Å². The number of ketones is 1. The molecule has 0 saturated heterocycles. The number of aromatic nitrogens is 2. The highest BCUT2D eigenvalue weighted by molar-refractivity contribution is 5.93. The summed E-state index contributed by atoms with van der Waals surface area (Å²) in [6.45, 7) is 0. The van der Waals surface area contributed by atoms with E-state index in [1.54, 1.807) is 18.2 Å². The molecule has 0 amide bonds. The Morgan fingerprint density at radius 2 is 1.83 bits per heavy atom. The van der Waals surface area contributed by atoms with Crippen LogP contribution < -0.4 is 4.73 Å². The number of rotatable bonds is 5. The van der Waals surface area contributed by atoms with E-state index in [-0.39, 0.29) is 23.8 Å². The van der Waals surface area contributed by atoms with Crippen molar-refractivity contribution in [2.45, 2.75) is 12.3 Å². The molecule has 0 spiro atoms. The minimum absolute atomic E-state index is 0.0797. The van der Waals surface area contributed by atoms with Gasteiger partial charge in [-0.15, -0.1) is 0 Å². The van der Waals surface area contributed by atoms with E-state index in [2.05, 4.69) is 0 Å². The number of aryl methyl sites for hydroxylation is 1. The quantitative estimate of drug-likeness (QED) is 0.413. The summed E-state index contributed by atoms with van der Waals surface area (Å²) >= 11 is 0.